The van der Waals surface area contributed by atoms with E-state index >= 15 is 0 Å². The van der Waals surface area contributed by atoms with Crippen LogP contribution in [0.2, 0.25) is 10.0 Å². The molecule has 4 rings (SSSR count). The predicted molar refractivity (Wildman–Crippen MR) is 151 cm³/mol. The van der Waals surface area contributed by atoms with Crippen LogP contribution in [0.4, 0.5) is 11.4 Å². The standard InChI is InChI=1S/C25H16BrCl2N3O6S/c1-36-20-10-14(17(26)11-21(20)37-12-13-4-2-5-15(8-13)31(34)35)9-16-23(32)29-25(38)30(24(16)33)19-7-3-6-18(27)22(19)28/h2-11H,12H2,1H3,(H,29,32,38)/b16-9+. The van der Waals surface area contributed by atoms with Crippen LogP contribution < -0.4 is 19.7 Å². The number of rotatable bonds is 7. The van der Waals surface area contributed by atoms with Gasteiger partial charge in [0, 0.05) is 16.6 Å². The number of methoxy groups -OCH3 is 1. The van der Waals surface area contributed by atoms with E-state index in [1.807, 2.05) is 0 Å². The average molecular weight is 637 g/mol. The molecule has 0 atom stereocenters. The zero-order valence-electron chi connectivity index (χ0n) is 19.4. The largest absolute Gasteiger partial charge is 0.493 e. The van der Waals surface area contributed by atoms with Crippen molar-refractivity contribution in [3.8, 4) is 11.5 Å². The highest BCUT2D eigenvalue weighted by molar-refractivity contribution is 9.10. The highest BCUT2D eigenvalue weighted by Crippen LogP contribution is 2.37. The van der Waals surface area contributed by atoms with Gasteiger partial charge in [0.1, 0.15) is 12.2 Å². The molecule has 9 nitrogen and oxygen atoms in total. The third kappa shape index (κ3) is 5.65. The third-order valence-corrected chi connectivity index (χ3v) is 7.15. The SMILES string of the molecule is COc1cc(/C=C2\C(=O)NC(=S)N(c3cccc(Cl)c3Cl)C2=O)c(Br)cc1OCc1cccc([N+](=O)[O-])c1. The average Bonchev–Trinajstić information content (AvgIpc) is 2.88. The van der Waals surface area contributed by atoms with E-state index in [1.165, 1.54) is 25.3 Å². The zero-order valence-corrected chi connectivity index (χ0v) is 23.3. The van der Waals surface area contributed by atoms with Crippen LogP contribution in [0.3, 0.4) is 0 Å². The van der Waals surface area contributed by atoms with Gasteiger partial charge >= 0.3 is 0 Å². The number of hydrogen-bond donors (Lipinski definition) is 1. The third-order valence-electron chi connectivity index (χ3n) is 5.37. The van der Waals surface area contributed by atoms with E-state index in [-0.39, 0.29) is 38.7 Å². The smallest absolute Gasteiger partial charge is 0.270 e. The fourth-order valence-electron chi connectivity index (χ4n) is 3.55. The molecule has 0 aliphatic carbocycles. The second-order valence-corrected chi connectivity index (χ2v) is 9.80. The molecular formula is C25H16BrCl2N3O6S. The molecule has 0 aromatic heterocycles. The van der Waals surface area contributed by atoms with Crippen LogP contribution in [0.25, 0.3) is 6.08 Å². The van der Waals surface area contributed by atoms with Gasteiger partial charge in [-0.2, -0.15) is 0 Å². The van der Waals surface area contributed by atoms with Crippen LogP contribution in [-0.4, -0.2) is 29.0 Å². The number of nitro benzene ring substituents is 1. The fourth-order valence-corrected chi connectivity index (χ4v) is 4.64. The maximum absolute atomic E-state index is 13.4. The second kappa shape index (κ2) is 11.5. The van der Waals surface area contributed by atoms with Gasteiger partial charge < -0.3 is 9.47 Å². The molecule has 1 fully saturated rings. The Bertz CT molecular complexity index is 1530. The number of carbonyl (C=O) groups is 2. The number of benzene rings is 3. The molecule has 1 heterocycles. The number of nitrogens with zero attached hydrogens (tertiary/aromatic N) is 2. The summed E-state index contributed by atoms with van der Waals surface area (Å²) in [7, 11) is 1.43. The van der Waals surface area contributed by atoms with Crippen LogP contribution in [0.1, 0.15) is 11.1 Å². The van der Waals surface area contributed by atoms with Crippen molar-refractivity contribution >= 4 is 85.7 Å². The Morgan fingerprint density at radius 3 is 2.58 bits per heavy atom. The van der Waals surface area contributed by atoms with E-state index in [4.69, 9.17) is 44.9 Å². The molecule has 1 aliphatic rings. The number of non-ortho nitro benzene ring substituents is 1. The van der Waals surface area contributed by atoms with E-state index in [9.17, 15) is 19.7 Å². The van der Waals surface area contributed by atoms with Crippen LogP contribution in [0.5, 0.6) is 11.5 Å². The van der Waals surface area contributed by atoms with E-state index in [2.05, 4.69) is 21.2 Å². The van der Waals surface area contributed by atoms with Gasteiger partial charge in [-0.1, -0.05) is 57.3 Å². The van der Waals surface area contributed by atoms with Gasteiger partial charge in [-0.15, -0.1) is 0 Å². The predicted octanol–water partition coefficient (Wildman–Crippen LogP) is 6.08. The molecule has 1 N–H and O–H groups in total. The Morgan fingerprint density at radius 1 is 1.13 bits per heavy atom. The topological polar surface area (TPSA) is 111 Å². The molecule has 38 heavy (non-hydrogen) atoms. The Morgan fingerprint density at radius 2 is 1.87 bits per heavy atom. The van der Waals surface area contributed by atoms with E-state index in [1.54, 1.807) is 42.5 Å². The van der Waals surface area contributed by atoms with Crippen molar-refractivity contribution in [2.75, 3.05) is 12.0 Å². The lowest BCUT2D eigenvalue weighted by Crippen LogP contribution is -2.54. The molecule has 2 amide bonds. The highest BCUT2D eigenvalue weighted by Gasteiger charge is 2.36. The molecule has 1 aliphatic heterocycles. The van der Waals surface area contributed by atoms with Crippen LogP contribution in [0, 0.1) is 10.1 Å². The lowest BCUT2D eigenvalue weighted by Gasteiger charge is -2.29. The summed E-state index contributed by atoms with van der Waals surface area (Å²) in [4.78, 5) is 37.7. The van der Waals surface area contributed by atoms with Crippen LogP contribution >= 0.6 is 51.3 Å². The van der Waals surface area contributed by atoms with E-state index < -0.39 is 16.7 Å². The summed E-state index contributed by atoms with van der Waals surface area (Å²) >= 11 is 21.1. The van der Waals surface area contributed by atoms with Crippen molar-refractivity contribution in [1.82, 2.24) is 5.32 Å². The van der Waals surface area contributed by atoms with Gasteiger partial charge in [-0.3, -0.25) is 29.9 Å². The molecule has 1 saturated heterocycles. The van der Waals surface area contributed by atoms with Gasteiger partial charge in [0.2, 0.25) is 0 Å². The van der Waals surface area contributed by atoms with E-state index in [0.717, 1.165) is 4.90 Å². The van der Waals surface area contributed by atoms with Crippen LogP contribution in [-0.2, 0) is 16.2 Å². The van der Waals surface area contributed by atoms with Gasteiger partial charge in [0.05, 0.1) is 27.8 Å². The molecule has 194 valence electrons. The number of amides is 2. The first-order valence-corrected chi connectivity index (χ1v) is 12.7. The van der Waals surface area contributed by atoms with Gasteiger partial charge in [0.25, 0.3) is 17.5 Å². The monoisotopic (exact) mass is 635 g/mol. The summed E-state index contributed by atoms with van der Waals surface area (Å²) in [5, 5.41) is 13.7. The molecule has 0 saturated carbocycles. The molecule has 0 spiro atoms. The van der Waals surface area contributed by atoms with Crippen molar-refractivity contribution in [3.63, 3.8) is 0 Å². The van der Waals surface area contributed by atoms with Gasteiger partial charge in [0.15, 0.2) is 16.6 Å². The minimum atomic E-state index is -0.695. The van der Waals surface area contributed by atoms with Crippen molar-refractivity contribution in [2.24, 2.45) is 0 Å². The molecule has 0 unspecified atom stereocenters. The Hall–Kier alpha value is -3.51. The number of ether oxygens (including phenoxy) is 2. The maximum atomic E-state index is 13.4. The quantitative estimate of drug-likeness (QED) is 0.110. The maximum Gasteiger partial charge on any atom is 0.270 e. The molecular weight excluding hydrogens is 621 g/mol. The van der Waals surface area contributed by atoms with Crippen molar-refractivity contribution in [2.45, 2.75) is 6.61 Å². The summed E-state index contributed by atoms with van der Waals surface area (Å²) < 4.78 is 11.8. The molecule has 13 heteroatoms. The highest BCUT2D eigenvalue weighted by atomic mass is 79.9. The summed E-state index contributed by atoms with van der Waals surface area (Å²) in [6.45, 7) is 0.0403. The molecule has 0 bridgehead atoms. The molecule has 0 radical (unpaired) electrons. The minimum absolute atomic E-state index is 0.0403. The summed E-state index contributed by atoms with van der Waals surface area (Å²) in [5.74, 6) is -0.744. The Labute approximate surface area is 240 Å². The van der Waals surface area contributed by atoms with Crippen molar-refractivity contribution in [3.05, 3.63) is 95.9 Å². The zero-order chi connectivity index (χ0) is 27.6. The molecule has 3 aromatic carbocycles. The first-order valence-electron chi connectivity index (χ1n) is 10.7. The number of thiocarbonyl (C=S) groups is 1. The normalized spacial score (nSPS) is 14.5. The van der Waals surface area contributed by atoms with Crippen molar-refractivity contribution < 1.29 is 24.0 Å². The lowest BCUT2D eigenvalue weighted by molar-refractivity contribution is -0.384. The van der Waals surface area contributed by atoms with Crippen LogP contribution in [0.15, 0.2) is 64.6 Å². The van der Waals surface area contributed by atoms with Crippen molar-refractivity contribution in [1.29, 1.82) is 0 Å². The number of nitro groups is 1. The number of hydrogen-bond acceptors (Lipinski definition) is 7. The second-order valence-electron chi connectivity index (χ2n) is 7.77. The Kier molecular flexibility index (Phi) is 8.32. The summed E-state index contributed by atoms with van der Waals surface area (Å²) in [6, 6.07) is 14.0. The minimum Gasteiger partial charge on any atom is -0.493 e. The summed E-state index contributed by atoms with van der Waals surface area (Å²) in [5.41, 5.74) is 0.991. The first kappa shape index (κ1) is 27.5. The fraction of sp³-hybridized carbons (Fsp3) is 0.0800. The first-order chi connectivity index (χ1) is 18.1. The summed E-state index contributed by atoms with van der Waals surface area (Å²) in [6.07, 6.45) is 1.38. The number of halogens is 3. The number of anilines is 1. The van der Waals surface area contributed by atoms with E-state index in [0.29, 0.717) is 27.1 Å². The van der Waals surface area contributed by atoms with Gasteiger partial charge in [-0.25, -0.2) is 0 Å². The number of nitrogens with one attached hydrogen (secondary N) is 1. The lowest BCUT2D eigenvalue weighted by atomic mass is 10.1. The van der Waals surface area contributed by atoms with Gasteiger partial charge in [-0.05, 0) is 53.7 Å². The number of carbonyl (C=O) groups excluding carboxylic acids is 2. The molecule has 3 aromatic rings. The Balaban J connectivity index is 1.65.